The van der Waals surface area contributed by atoms with E-state index < -0.39 is 0 Å². The van der Waals surface area contributed by atoms with Crippen LogP contribution in [0.4, 0.5) is 10.5 Å². The van der Waals surface area contributed by atoms with Crippen LogP contribution in [0.25, 0.3) is 0 Å². The Morgan fingerprint density at radius 3 is 2.42 bits per heavy atom. The summed E-state index contributed by atoms with van der Waals surface area (Å²) in [5.41, 5.74) is 1.42. The lowest BCUT2D eigenvalue weighted by Crippen LogP contribution is -2.46. The molecule has 0 bridgehead atoms. The predicted molar refractivity (Wildman–Crippen MR) is 97.1 cm³/mol. The van der Waals surface area contributed by atoms with Gasteiger partial charge in [-0.15, -0.1) is 0 Å². The van der Waals surface area contributed by atoms with Crippen molar-refractivity contribution in [3.8, 4) is 0 Å². The van der Waals surface area contributed by atoms with Crippen LogP contribution in [0, 0.1) is 0 Å². The maximum Gasteiger partial charge on any atom is 0.409 e. The number of piperidine rings is 1. The van der Waals surface area contributed by atoms with Crippen molar-refractivity contribution in [1.29, 1.82) is 0 Å². The Hall–Kier alpha value is -2.57. The van der Waals surface area contributed by atoms with Gasteiger partial charge in [-0.1, -0.05) is 0 Å². The van der Waals surface area contributed by atoms with E-state index in [4.69, 9.17) is 4.74 Å². The van der Waals surface area contributed by atoms with Gasteiger partial charge < -0.3 is 19.9 Å². The van der Waals surface area contributed by atoms with Crippen molar-refractivity contribution in [3.63, 3.8) is 0 Å². The summed E-state index contributed by atoms with van der Waals surface area (Å²) in [4.78, 5) is 39.3. The van der Waals surface area contributed by atoms with Crippen LogP contribution in [-0.4, -0.2) is 55.1 Å². The number of carbonyl (C=O) groups excluding carboxylic acids is 3. The topological polar surface area (TPSA) is 79.0 Å². The third-order valence-electron chi connectivity index (χ3n) is 4.87. The minimum absolute atomic E-state index is 0.0491. The normalized spacial score (nSPS) is 18.1. The highest BCUT2D eigenvalue weighted by Gasteiger charge is 2.25. The Balaban J connectivity index is 1.51. The predicted octanol–water partition coefficient (Wildman–Crippen LogP) is 2.16. The molecule has 0 aliphatic carbocycles. The summed E-state index contributed by atoms with van der Waals surface area (Å²) in [6.07, 6.45) is 2.61. The zero-order chi connectivity index (χ0) is 18.5. The quantitative estimate of drug-likeness (QED) is 0.894. The first-order valence-corrected chi connectivity index (χ1v) is 9.21. The first-order valence-electron chi connectivity index (χ1n) is 9.21. The van der Waals surface area contributed by atoms with Crippen molar-refractivity contribution < 1.29 is 19.1 Å². The molecule has 1 aromatic carbocycles. The lowest BCUT2D eigenvalue weighted by molar-refractivity contribution is -0.117. The zero-order valence-electron chi connectivity index (χ0n) is 15.1. The highest BCUT2D eigenvalue weighted by atomic mass is 16.6. The third-order valence-corrected chi connectivity index (χ3v) is 4.87. The summed E-state index contributed by atoms with van der Waals surface area (Å²) >= 11 is 0. The van der Waals surface area contributed by atoms with Gasteiger partial charge in [-0.05, 0) is 50.5 Å². The second-order valence-corrected chi connectivity index (χ2v) is 6.63. The summed E-state index contributed by atoms with van der Waals surface area (Å²) < 4.78 is 5.00. The summed E-state index contributed by atoms with van der Waals surface area (Å²) in [5.74, 6) is 0.00874. The van der Waals surface area contributed by atoms with Crippen molar-refractivity contribution in [2.45, 2.75) is 38.6 Å². The number of likely N-dealkylation sites (tertiary alicyclic amines) is 1. The molecule has 26 heavy (non-hydrogen) atoms. The smallest absolute Gasteiger partial charge is 0.409 e. The van der Waals surface area contributed by atoms with Crippen molar-refractivity contribution in [2.75, 3.05) is 31.1 Å². The van der Waals surface area contributed by atoms with Crippen LogP contribution in [0.1, 0.15) is 43.0 Å². The SMILES string of the molecule is CCOC(=O)N1CCC(NC(=O)c2ccc(N3CCCC3=O)cc2)CC1. The first kappa shape index (κ1) is 18.2. The fraction of sp³-hybridized carbons (Fsp3) is 0.526. The molecule has 7 heteroatoms. The average molecular weight is 359 g/mol. The molecular formula is C19H25N3O4. The van der Waals surface area contributed by atoms with E-state index in [1.165, 1.54) is 0 Å². The van der Waals surface area contributed by atoms with E-state index >= 15 is 0 Å². The number of anilines is 1. The van der Waals surface area contributed by atoms with Gasteiger partial charge >= 0.3 is 6.09 Å². The molecule has 7 nitrogen and oxygen atoms in total. The monoisotopic (exact) mass is 359 g/mol. The number of hydrogen-bond acceptors (Lipinski definition) is 4. The fourth-order valence-electron chi connectivity index (χ4n) is 3.40. The Morgan fingerprint density at radius 2 is 1.85 bits per heavy atom. The molecule has 2 aliphatic rings. The average Bonchev–Trinajstić information content (AvgIpc) is 3.08. The molecule has 1 aromatic rings. The third kappa shape index (κ3) is 4.15. The molecule has 2 heterocycles. The zero-order valence-corrected chi connectivity index (χ0v) is 15.1. The Labute approximate surface area is 153 Å². The molecule has 140 valence electrons. The summed E-state index contributed by atoms with van der Waals surface area (Å²) in [7, 11) is 0. The van der Waals surface area contributed by atoms with Crippen LogP contribution >= 0.6 is 0 Å². The first-order chi connectivity index (χ1) is 12.6. The number of nitrogens with zero attached hydrogens (tertiary/aromatic N) is 2. The number of hydrogen-bond donors (Lipinski definition) is 1. The van der Waals surface area contributed by atoms with Gasteiger partial charge in [-0.25, -0.2) is 4.79 Å². The number of benzene rings is 1. The van der Waals surface area contributed by atoms with Crippen LogP contribution in [0.5, 0.6) is 0 Å². The van der Waals surface area contributed by atoms with Crippen LogP contribution in [-0.2, 0) is 9.53 Å². The number of amides is 3. The second kappa shape index (κ2) is 8.21. The lowest BCUT2D eigenvalue weighted by Gasteiger charge is -2.31. The van der Waals surface area contributed by atoms with Gasteiger partial charge in [0.2, 0.25) is 5.91 Å². The molecule has 0 atom stereocenters. The molecule has 2 aliphatic heterocycles. The van der Waals surface area contributed by atoms with E-state index in [1.54, 1.807) is 28.9 Å². The maximum absolute atomic E-state index is 12.4. The molecule has 1 N–H and O–H groups in total. The molecule has 0 spiro atoms. The molecule has 2 saturated heterocycles. The Morgan fingerprint density at radius 1 is 1.15 bits per heavy atom. The van der Waals surface area contributed by atoms with Gasteiger partial charge in [0.1, 0.15) is 0 Å². The van der Waals surface area contributed by atoms with Crippen molar-refractivity contribution in [1.82, 2.24) is 10.2 Å². The number of nitrogens with one attached hydrogen (secondary N) is 1. The molecule has 0 aromatic heterocycles. The Kier molecular flexibility index (Phi) is 5.75. The minimum atomic E-state index is -0.288. The van der Waals surface area contributed by atoms with Crippen molar-refractivity contribution in [3.05, 3.63) is 29.8 Å². The van der Waals surface area contributed by atoms with E-state index in [1.807, 2.05) is 12.1 Å². The molecule has 0 saturated carbocycles. The molecule has 0 unspecified atom stereocenters. The van der Waals surface area contributed by atoms with Gasteiger partial charge in [-0.2, -0.15) is 0 Å². The van der Waals surface area contributed by atoms with E-state index in [-0.39, 0.29) is 23.9 Å². The second-order valence-electron chi connectivity index (χ2n) is 6.63. The van der Waals surface area contributed by atoms with Crippen molar-refractivity contribution in [2.24, 2.45) is 0 Å². The fourth-order valence-corrected chi connectivity index (χ4v) is 3.40. The van der Waals surface area contributed by atoms with Gasteiger partial charge in [0.15, 0.2) is 0 Å². The molecular weight excluding hydrogens is 334 g/mol. The van der Waals surface area contributed by atoms with Crippen LogP contribution in [0.2, 0.25) is 0 Å². The van der Waals surface area contributed by atoms with E-state index in [9.17, 15) is 14.4 Å². The van der Waals surface area contributed by atoms with Gasteiger partial charge in [0.05, 0.1) is 6.61 Å². The molecule has 3 amide bonds. The number of carbonyl (C=O) groups is 3. The Bertz CT molecular complexity index is 666. The van der Waals surface area contributed by atoms with Crippen LogP contribution in [0.3, 0.4) is 0 Å². The van der Waals surface area contributed by atoms with Crippen LogP contribution in [0.15, 0.2) is 24.3 Å². The van der Waals surface area contributed by atoms with Gasteiger partial charge in [0.25, 0.3) is 5.91 Å². The standard InChI is InChI=1S/C19H25N3O4/c1-2-26-19(25)21-12-9-15(10-13-21)20-18(24)14-5-7-16(8-6-14)22-11-3-4-17(22)23/h5-8,15H,2-4,9-13H2,1H3,(H,20,24). The highest BCUT2D eigenvalue weighted by molar-refractivity contribution is 5.97. The number of ether oxygens (including phenoxy) is 1. The van der Waals surface area contributed by atoms with Gasteiger partial charge in [0, 0.05) is 43.3 Å². The summed E-state index contributed by atoms with van der Waals surface area (Å²) in [5, 5.41) is 3.03. The molecule has 3 rings (SSSR count). The van der Waals surface area contributed by atoms with E-state index in [0.29, 0.717) is 44.5 Å². The summed E-state index contributed by atoms with van der Waals surface area (Å²) in [6.45, 7) is 4.06. The summed E-state index contributed by atoms with van der Waals surface area (Å²) in [6, 6.07) is 7.20. The van der Waals surface area contributed by atoms with E-state index in [0.717, 1.165) is 18.7 Å². The van der Waals surface area contributed by atoms with Crippen LogP contribution < -0.4 is 10.2 Å². The molecule has 2 fully saturated rings. The largest absolute Gasteiger partial charge is 0.450 e. The highest BCUT2D eigenvalue weighted by Crippen LogP contribution is 2.21. The maximum atomic E-state index is 12.4. The minimum Gasteiger partial charge on any atom is -0.450 e. The lowest BCUT2D eigenvalue weighted by atomic mass is 10.0. The number of rotatable bonds is 4. The van der Waals surface area contributed by atoms with E-state index in [2.05, 4.69) is 5.32 Å². The molecule has 0 radical (unpaired) electrons. The van der Waals surface area contributed by atoms with Crippen molar-refractivity contribution >= 4 is 23.6 Å². The van der Waals surface area contributed by atoms with Gasteiger partial charge in [-0.3, -0.25) is 9.59 Å².